The molecule has 1 aromatic heterocycles. The van der Waals surface area contributed by atoms with Gasteiger partial charge in [0.2, 0.25) is 0 Å². The van der Waals surface area contributed by atoms with Crippen LogP contribution in [0.4, 0.5) is 0 Å². The number of piperidine rings is 1. The molecule has 1 atom stereocenters. The fourth-order valence-corrected chi connectivity index (χ4v) is 2.26. The summed E-state index contributed by atoms with van der Waals surface area (Å²) in [7, 11) is 0. The summed E-state index contributed by atoms with van der Waals surface area (Å²) in [5.41, 5.74) is 1.99. The molecule has 1 aromatic carbocycles. The Bertz CT molecular complexity index is 455. The molecule has 90 valence electrons. The second-order valence-electron chi connectivity index (χ2n) is 4.58. The van der Waals surface area contributed by atoms with Crippen LogP contribution in [-0.2, 0) is 0 Å². The lowest BCUT2D eigenvalue weighted by atomic mass is 10.0. The highest BCUT2D eigenvalue weighted by atomic mass is 16.5. The van der Waals surface area contributed by atoms with E-state index in [1.807, 2.05) is 24.3 Å². The number of aromatic amines is 1. The fourth-order valence-electron chi connectivity index (χ4n) is 2.26. The molecule has 3 rings (SSSR count). The third-order valence-corrected chi connectivity index (χ3v) is 3.22. The molecule has 0 aliphatic carbocycles. The van der Waals surface area contributed by atoms with Crippen molar-refractivity contribution >= 4 is 11.0 Å². The van der Waals surface area contributed by atoms with Crippen LogP contribution >= 0.6 is 0 Å². The highest BCUT2D eigenvalue weighted by molar-refractivity contribution is 5.75. The van der Waals surface area contributed by atoms with Gasteiger partial charge in [-0.25, -0.2) is 0 Å². The van der Waals surface area contributed by atoms with Crippen LogP contribution in [0.3, 0.4) is 0 Å². The van der Waals surface area contributed by atoms with E-state index in [1.54, 1.807) is 0 Å². The maximum atomic E-state index is 5.72. The van der Waals surface area contributed by atoms with E-state index >= 15 is 0 Å². The SMILES string of the molecule is c1ccc2[nH]c(OCC3CCCNC3)nc2c1. The smallest absolute Gasteiger partial charge is 0.294 e. The van der Waals surface area contributed by atoms with Gasteiger partial charge in [-0.1, -0.05) is 12.1 Å². The van der Waals surface area contributed by atoms with Crippen molar-refractivity contribution < 1.29 is 4.74 Å². The Morgan fingerprint density at radius 1 is 1.35 bits per heavy atom. The first-order valence-electron chi connectivity index (χ1n) is 6.20. The Labute approximate surface area is 100 Å². The van der Waals surface area contributed by atoms with Gasteiger partial charge in [0.15, 0.2) is 0 Å². The summed E-state index contributed by atoms with van der Waals surface area (Å²) in [4.78, 5) is 7.58. The second kappa shape index (κ2) is 4.75. The lowest BCUT2D eigenvalue weighted by Gasteiger charge is -2.21. The van der Waals surface area contributed by atoms with Crippen LogP contribution in [-0.4, -0.2) is 29.7 Å². The number of para-hydroxylation sites is 2. The van der Waals surface area contributed by atoms with Crippen molar-refractivity contribution in [3.63, 3.8) is 0 Å². The Hall–Kier alpha value is -1.55. The molecule has 1 saturated heterocycles. The predicted octanol–water partition coefficient (Wildman–Crippen LogP) is 1.94. The number of ether oxygens (including phenoxy) is 1. The first-order valence-corrected chi connectivity index (χ1v) is 6.20. The van der Waals surface area contributed by atoms with Gasteiger partial charge in [0, 0.05) is 12.5 Å². The monoisotopic (exact) mass is 231 g/mol. The first kappa shape index (κ1) is 10.6. The lowest BCUT2D eigenvalue weighted by molar-refractivity contribution is 0.207. The van der Waals surface area contributed by atoms with Gasteiger partial charge in [-0.05, 0) is 31.5 Å². The molecule has 0 amide bonds. The van der Waals surface area contributed by atoms with Gasteiger partial charge in [-0.3, -0.25) is 0 Å². The number of benzene rings is 1. The minimum Gasteiger partial charge on any atom is -0.464 e. The fraction of sp³-hybridized carbons (Fsp3) is 0.462. The van der Waals surface area contributed by atoms with Crippen molar-refractivity contribution in [2.24, 2.45) is 5.92 Å². The molecule has 2 aromatic rings. The molecule has 4 nitrogen and oxygen atoms in total. The van der Waals surface area contributed by atoms with Crippen LogP contribution in [0.25, 0.3) is 11.0 Å². The molecular weight excluding hydrogens is 214 g/mol. The average molecular weight is 231 g/mol. The summed E-state index contributed by atoms with van der Waals surface area (Å²) in [6.45, 7) is 2.94. The van der Waals surface area contributed by atoms with Crippen LogP contribution in [0.15, 0.2) is 24.3 Å². The van der Waals surface area contributed by atoms with E-state index in [0.717, 1.165) is 30.7 Å². The topological polar surface area (TPSA) is 49.9 Å². The molecule has 4 heteroatoms. The first-order chi connectivity index (χ1) is 8.42. The third kappa shape index (κ3) is 2.42. The molecule has 2 heterocycles. The lowest BCUT2D eigenvalue weighted by Crippen LogP contribution is -2.33. The van der Waals surface area contributed by atoms with E-state index in [2.05, 4.69) is 15.3 Å². The normalized spacial score (nSPS) is 20.6. The molecular formula is C13H17N3O. The molecule has 1 fully saturated rings. The molecule has 1 aliphatic rings. The second-order valence-corrected chi connectivity index (χ2v) is 4.58. The number of nitrogens with zero attached hydrogens (tertiary/aromatic N) is 1. The van der Waals surface area contributed by atoms with Crippen LogP contribution in [0, 0.1) is 5.92 Å². The number of aromatic nitrogens is 2. The van der Waals surface area contributed by atoms with Gasteiger partial charge in [-0.15, -0.1) is 0 Å². The maximum absolute atomic E-state index is 5.72. The Morgan fingerprint density at radius 3 is 3.12 bits per heavy atom. The summed E-state index contributed by atoms with van der Waals surface area (Å²) in [6.07, 6.45) is 2.49. The molecule has 17 heavy (non-hydrogen) atoms. The number of imidazole rings is 1. The average Bonchev–Trinajstić information content (AvgIpc) is 2.80. The number of fused-ring (bicyclic) bond motifs is 1. The summed E-state index contributed by atoms with van der Waals surface area (Å²) >= 11 is 0. The van der Waals surface area contributed by atoms with E-state index in [0.29, 0.717) is 11.9 Å². The third-order valence-electron chi connectivity index (χ3n) is 3.22. The van der Waals surface area contributed by atoms with Crippen LogP contribution < -0.4 is 10.1 Å². The van der Waals surface area contributed by atoms with Gasteiger partial charge in [0.25, 0.3) is 6.01 Å². The summed E-state index contributed by atoms with van der Waals surface area (Å²) < 4.78 is 5.72. The summed E-state index contributed by atoms with van der Waals surface area (Å²) in [6, 6.07) is 8.61. The zero-order chi connectivity index (χ0) is 11.5. The molecule has 2 N–H and O–H groups in total. The minimum atomic E-state index is 0.608. The molecule has 1 unspecified atom stereocenters. The number of nitrogens with one attached hydrogen (secondary N) is 2. The van der Waals surface area contributed by atoms with Crippen molar-refractivity contribution in [3.05, 3.63) is 24.3 Å². The standard InChI is InChI=1S/C13H17N3O/c1-2-6-12-11(5-1)15-13(16-12)17-9-10-4-3-7-14-8-10/h1-2,5-6,10,14H,3-4,7-9H2,(H,15,16). The van der Waals surface area contributed by atoms with Gasteiger partial charge in [0.1, 0.15) is 0 Å². The van der Waals surface area contributed by atoms with E-state index in [1.165, 1.54) is 12.8 Å². The van der Waals surface area contributed by atoms with E-state index in [4.69, 9.17) is 4.74 Å². The van der Waals surface area contributed by atoms with Gasteiger partial charge in [0.05, 0.1) is 17.6 Å². The largest absolute Gasteiger partial charge is 0.464 e. The Morgan fingerprint density at radius 2 is 2.29 bits per heavy atom. The van der Waals surface area contributed by atoms with Gasteiger partial charge >= 0.3 is 0 Å². The van der Waals surface area contributed by atoms with E-state index in [-0.39, 0.29) is 0 Å². The molecule has 0 bridgehead atoms. The van der Waals surface area contributed by atoms with Crippen molar-refractivity contribution in [2.75, 3.05) is 19.7 Å². The predicted molar refractivity (Wildman–Crippen MR) is 67.2 cm³/mol. The number of H-pyrrole nitrogens is 1. The molecule has 1 aliphatic heterocycles. The zero-order valence-corrected chi connectivity index (χ0v) is 9.78. The van der Waals surface area contributed by atoms with Crippen molar-refractivity contribution in [2.45, 2.75) is 12.8 Å². The number of hydrogen-bond acceptors (Lipinski definition) is 3. The summed E-state index contributed by atoms with van der Waals surface area (Å²) in [5.74, 6) is 0.608. The maximum Gasteiger partial charge on any atom is 0.294 e. The molecule has 0 spiro atoms. The van der Waals surface area contributed by atoms with Crippen LogP contribution in [0.2, 0.25) is 0 Å². The van der Waals surface area contributed by atoms with Gasteiger partial charge < -0.3 is 15.0 Å². The molecule has 0 radical (unpaired) electrons. The number of hydrogen-bond donors (Lipinski definition) is 2. The summed E-state index contributed by atoms with van der Waals surface area (Å²) in [5, 5.41) is 3.39. The Kier molecular flexibility index (Phi) is 2.96. The zero-order valence-electron chi connectivity index (χ0n) is 9.78. The number of rotatable bonds is 3. The van der Waals surface area contributed by atoms with Crippen molar-refractivity contribution in [3.8, 4) is 6.01 Å². The molecule has 0 saturated carbocycles. The van der Waals surface area contributed by atoms with Crippen LogP contribution in [0.1, 0.15) is 12.8 Å². The van der Waals surface area contributed by atoms with Crippen molar-refractivity contribution in [1.29, 1.82) is 0 Å². The van der Waals surface area contributed by atoms with Crippen molar-refractivity contribution in [1.82, 2.24) is 15.3 Å². The van der Waals surface area contributed by atoms with Crippen LogP contribution in [0.5, 0.6) is 6.01 Å². The highest BCUT2D eigenvalue weighted by Crippen LogP contribution is 2.17. The van der Waals surface area contributed by atoms with E-state index in [9.17, 15) is 0 Å². The van der Waals surface area contributed by atoms with E-state index < -0.39 is 0 Å². The minimum absolute atomic E-state index is 0.608. The highest BCUT2D eigenvalue weighted by Gasteiger charge is 2.14. The van der Waals surface area contributed by atoms with Gasteiger partial charge in [-0.2, -0.15) is 4.98 Å². The quantitative estimate of drug-likeness (QED) is 0.848. The Balaban J connectivity index is 1.64.